The van der Waals surface area contributed by atoms with E-state index in [1.54, 1.807) is 11.3 Å². The molecule has 3 aromatic rings. The number of carbonyl (C=O) groups is 1. The number of alkyl halides is 3. The van der Waals surface area contributed by atoms with Crippen molar-refractivity contribution in [3.8, 4) is 16.5 Å². The summed E-state index contributed by atoms with van der Waals surface area (Å²) < 4.78 is 40.3. The lowest BCUT2D eigenvalue weighted by Gasteiger charge is -2.37. The lowest BCUT2D eigenvalue weighted by Crippen LogP contribution is -2.51. The summed E-state index contributed by atoms with van der Waals surface area (Å²) in [5.74, 6) is -1.06. The maximum absolute atomic E-state index is 13.5. The first-order valence-electron chi connectivity index (χ1n) is 11.5. The summed E-state index contributed by atoms with van der Waals surface area (Å²) in [6.45, 7) is 0. The third-order valence-corrected chi connectivity index (χ3v) is 7.54. The second kappa shape index (κ2) is 10.2. The Hall–Kier alpha value is -3.15. The molecule has 0 radical (unpaired) electrons. The fourth-order valence-corrected chi connectivity index (χ4v) is 5.61. The van der Waals surface area contributed by atoms with Crippen molar-refractivity contribution < 1.29 is 23.1 Å². The normalized spacial score (nSPS) is 16.3. The number of rotatable bonds is 6. The number of carbonyl (C=O) groups excluding carboxylic acids is 1. The molecule has 2 aromatic carbocycles. The second-order valence-corrected chi connectivity index (χ2v) is 9.84. The molecule has 1 heterocycles. The molecule has 1 saturated carbocycles. The topological polar surface area (TPSA) is 73.1 Å². The fraction of sp³-hybridized carbons (Fsp3) is 0.333. The highest BCUT2D eigenvalue weighted by Gasteiger charge is 2.45. The summed E-state index contributed by atoms with van der Waals surface area (Å²) in [4.78, 5) is 14.6. The van der Waals surface area contributed by atoms with E-state index in [1.807, 2.05) is 41.8 Å². The minimum absolute atomic E-state index is 0.0416. The van der Waals surface area contributed by atoms with Crippen LogP contribution in [0.1, 0.15) is 48.8 Å². The monoisotopic (exact) mass is 498 g/mol. The van der Waals surface area contributed by atoms with Crippen molar-refractivity contribution in [1.29, 1.82) is 5.26 Å². The molecule has 4 rings (SSSR count). The first kappa shape index (κ1) is 25.0. The Labute approximate surface area is 206 Å². The number of nitriles is 1. The van der Waals surface area contributed by atoms with E-state index >= 15 is 0 Å². The van der Waals surface area contributed by atoms with Gasteiger partial charge in [-0.25, -0.2) is 0 Å². The van der Waals surface area contributed by atoms with Gasteiger partial charge in [-0.3, -0.25) is 4.79 Å². The average molecular weight is 499 g/mol. The van der Waals surface area contributed by atoms with Crippen LogP contribution in [0.5, 0.6) is 0 Å². The average Bonchev–Trinajstić information content (AvgIpc) is 3.39. The van der Waals surface area contributed by atoms with Gasteiger partial charge in [-0.2, -0.15) is 18.4 Å². The Morgan fingerprint density at radius 1 is 1.09 bits per heavy atom. The number of amides is 1. The molecule has 35 heavy (non-hydrogen) atoms. The molecule has 4 nitrogen and oxygen atoms in total. The van der Waals surface area contributed by atoms with Crippen molar-refractivity contribution in [3.05, 3.63) is 76.7 Å². The number of anilines is 1. The van der Waals surface area contributed by atoms with Crippen molar-refractivity contribution in [1.82, 2.24) is 0 Å². The Morgan fingerprint density at radius 3 is 2.49 bits per heavy atom. The van der Waals surface area contributed by atoms with Crippen LogP contribution < -0.4 is 5.32 Å². The number of nitrogens with one attached hydrogen (secondary N) is 1. The Balaban J connectivity index is 1.69. The van der Waals surface area contributed by atoms with Gasteiger partial charge in [-0.1, -0.05) is 49.6 Å². The maximum atomic E-state index is 13.5. The standard InChI is InChI=1S/C27H25F3N2O2S/c28-27(29,30)23-15-21(13-12-19(23)17-31)32-25(33)26(34,20-8-2-1-3-9-20)16-18-7-4-5-10-22(18)24-11-6-14-35-24/h4-7,10-15,20,34H,1-3,8-9,16H2,(H,32,33). The molecular weight excluding hydrogens is 473 g/mol. The third-order valence-electron chi connectivity index (χ3n) is 6.64. The Morgan fingerprint density at radius 2 is 1.83 bits per heavy atom. The van der Waals surface area contributed by atoms with Gasteiger partial charge in [0, 0.05) is 17.0 Å². The summed E-state index contributed by atoms with van der Waals surface area (Å²) in [6, 6.07) is 16.0. The van der Waals surface area contributed by atoms with Crippen LogP contribution in [-0.2, 0) is 17.4 Å². The molecule has 1 amide bonds. The van der Waals surface area contributed by atoms with Crippen LogP contribution in [0.4, 0.5) is 18.9 Å². The number of nitrogens with zero attached hydrogens (tertiary/aromatic N) is 1. The van der Waals surface area contributed by atoms with E-state index in [0.717, 1.165) is 47.4 Å². The van der Waals surface area contributed by atoms with Gasteiger partial charge in [0.15, 0.2) is 0 Å². The van der Waals surface area contributed by atoms with Gasteiger partial charge in [0.1, 0.15) is 5.60 Å². The van der Waals surface area contributed by atoms with Crippen molar-refractivity contribution in [2.75, 3.05) is 5.32 Å². The maximum Gasteiger partial charge on any atom is 0.417 e. The molecule has 1 aliphatic carbocycles. The molecule has 2 N–H and O–H groups in total. The highest BCUT2D eigenvalue weighted by Crippen LogP contribution is 2.39. The van der Waals surface area contributed by atoms with Gasteiger partial charge in [0.2, 0.25) is 0 Å². The molecule has 0 aliphatic heterocycles. The van der Waals surface area contributed by atoms with Crippen LogP contribution in [-0.4, -0.2) is 16.6 Å². The second-order valence-electron chi connectivity index (χ2n) is 8.89. The van der Waals surface area contributed by atoms with Crippen LogP contribution in [0.2, 0.25) is 0 Å². The van der Waals surface area contributed by atoms with Gasteiger partial charge in [-0.15, -0.1) is 11.3 Å². The van der Waals surface area contributed by atoms with E-state index < -0.39 is 28.8 Å². The van der Waals surface area contributed by atoms with E-state index in [-0.39, 0.29) is 18.0 Å². The molecule has 182 valence electrons. The summed E-state index contributed by atoms with van der Waals surface area (Å²) in [5, 5.41) is 25.4. The molecule has 0 saturated heterocycles. The summed E-state index contributed by atoms with van der Waals surface area (Å²) in [7, 11) is 0. The van der Waals surface area contributed by atoms with E-state index in [4.69, 9.17) is 5.26 Å². The van der Waals surface area contributed by atoms with E-state index in [9.17, 15) is 23.1 Å². The third kappa shape index (κ3) is 5.42. The van der Waals surface area contributed by atoms with E-state index in [0.29, 0.717) is 12.8 Å². The molecule has 1 aliphatic rings. The molecule has 0 spiro atoms. The number of hydrogen-bond donors (Lipinski definition) is 2. The molecular formula is C27H25F3N2O2S. The predicted molar refractivity (Wildman–Crippen MR) is 130 cm³/mol. The van der Waals surface area contributed by atoms with Gasteiger partial charge >= 0.3 is 6.18 Å². The highest BCUT2D eigenvalue weighted by molar-refractivity contribution is 7.13. The van der Waals surface area contributed by atoms with Crippen molar-refractivity contribution >= 4 is 22.9 Å². The largest absolute Gasteiger partial charge is 0.417 e. The van der Waals surface area contributed by atoms with Crippen LogP contribution in [0.3, 0.4) is 0 Å². The predicted octanol–water partition coefficient (Wildman–Crippen LogP) is 6.80. The zero-order valence-electron chi connectivity index (χ0n) is 18.9. The smallest absolute Gasteiger partial charge is 0.379 e. The zero-order chi connectivity index (χ0) is 25.1. The van der Waals surface area contributed by atoms with Crippen LogP contribution in [0, 0.1) is 17.2 Å². The number of hydrogen-bond acceptors (Lipinski definition) is 4. The minimum Gasteiger partial charge on any atom is -0.379 e. The summed E-state index contributed by atoms with van der Waals surface area (Å²) >= 11 is 1.56. The van der Waals surface area contributed by atoms with E-state index in [1.165, 1.54) is 12.1 Å². The van der Waals surface area contributed by atoms with Gasteiger partial charge in [-0.05, 0) is 59.5 Å². The zero-order valence-corrected chi connectivity index (χ0v) is 19.8. The van der Waals surface area contributed by atoms with Crippen LogP contribution >= 0.6 is 11.3 Å². The first-order valence-corrected chi connectivity index (χ1v) is 12.4. The lowest BCUT2D eigenvalue weighted by molar-refractivity contribution is -0.142. The number of benzene rings is 2. The van der Waals surface area contributed by atoms with Crippen LogP contribution in [0.25, 0.3) is 10.4 Å². The fourth-order valence-electron chi connectivity index (χ4n) is 4.82. The Kier molecular flexibility index (Phi) is 7.29. The van der Waals surface area contributed by atoms with Crippen LogP contribution in [0.15, 0.2) is 60.0 Å². The quantitative estimate of drug-likeness (QED) is 0.393. The molecule has 8 heteroatoms. The molecule has 0 bridgehead atoms. The minimum atomic E-state index is -4.74. The first-order chi connectivity index (χ1) is 16.7. The molecule has 1 fully saturated rings. The highest BCUT2D eigenvalue weighted by atomic mass is 32.1. The van der Waals surface area contributed by atoms with Crippen molar-refractivity contribution in [3.63, 3.8) is 0 Å². The number of halogens is 3. The van der Waals surface area contributed by atoms with Gasteiger partial charge in [0.05, 0.1) is 17.2 Å². The lowest BCUT2D eigenvalue weighted by atomic mass is 9.73. The molecule has 1 aromatic heterocycles. The number of aliphatic hydroxyl groups is 1. The van der Waals surface area contributed by atoms with Gasteiger partial charge < -0.3 is 10.4 Å². The Bertz CT molecular complexity index is 1230. The number of thiophene rings is 1. The molecule has 1 atom stereocenters. The summed E-state index contributed by atoms with van der Waals surface area (Å²) in [5.41, 5.74) is -1.84. The van der Waals surface area contributed by atoms with Crippen molar-refractivity contribution in [2.45, 2.75) is 50.3 Å². The van der Waals surface area contributed by atoms with Crippen molar-refractivity contribution in [2.24, 2.45) is 5.92 Å². The summed E-state index contributed by atoms with van der Waals surface area (Å²) in [6.07, 6.45) is -0.613. The van der Waals surface area contributed by atoms with Gasteiger partial charge in [0.25, 0.3) is 5.91 Å². The van der Waals surface area contributed by atoms with E-state index in [2.05, 4.69) is 5.32 Å². The molecule has 1 unspecified atom stereocenters. The SMILES string of the molecule is N#Cc1ccc(NC(=O)C(O)(Cc2ccccc2-c2cccs2)C2CCCCC2)cc1C(F)(F)F.